The molecule has 10 heteroatoms. The van der Waals surface area contributed by atoms with E-state index in [9.17, 15) is 19.5 Å². The van der Waals surface area contributed by atoms with Crippen LogP contribution in [0.1, 0.15) is 44.0 Å². The van der Waals surface area contributed by atoms with Gasteiger partial charge < -0.3 is 33.5 Å². The van der Waals surface area contributed by atoms with Gasteiger partial charge in [0.2, 0.25) is 18.2 Å². The molecule has 1 aliphatic carbocycles. The Morgan fingerprint density at radius 2 is 1.56 bits per heavy atom. The molecule has 1 aromatic carbocycles. The van der Waals surface area contributed by atoms with Gasteiger partial charge in [-0.2, -0.15) is 0 Å². The van der Waals surface area contributed by atoms with Crippen molar-refractivity contribution in [1.82, 2.24) is 0 Å². The molecule has 5 heterocycles. The van der Waals surface area contributed by atoms with Gasteiger partial charge in [0.15, 0.2) is 18.5 Å². The first-order valence-corrected chi connectivity index (χ1v) is 11.4. The minimum Gasteiger partial charge on any atom is -0.453 e. The van der Waals surface area contributed by atoms with Crippen LogP contribution in [-0.2, 0) is 38.0 Å². The maximum Gasteiger partial charge on any atom is 0.351 e. The van der Waals surface area contributed by atoms with Crippen molar-refractivity contribution in [3.05, 3.63) is 35.9 Å². The molecule has 9 atom stereocenters. The lowest BCUT2D eigenvalue weighted by Crippen LogP contribution is -2.73. The van der Waals surface area contributed by atoms with E-state index in [1.54, 1.807) is 37.3 Å². The van der Waals surface area contributed by atoms with Crippen LogP contribution in [0.15, 0.2) is 30.3 Å². The number of carbonyl (C=O) groups excluding carboxylic acids is 3. The average Bonchev–Trinajstić information content (AvgIpc) is 3.11. The summed E-state index contributed by atoms with van der Waals surface area (Å²) < 4.78 is 34.1. The Morgan fingerprint density at radius 1 is 0.941 bits per heavy atom. The van der Waals surface area contributed by atoms with Gasteiger partial charge in [0.05, 0.1) is 16.9 Å². The van der Waals surface area contributed by atoms with Gasteiger partial charge in [-0.1, -0.05) is 32.0 Å². The lowest BCUT2D eigenvalue weighted by molar-refractivity contribution is -0.492. The zero-order valence-corrected chi connectivity index (χ0v) is 19.0. The zero-order chi connectivity index (χ0) is 24.0. The van der Waals surface area contributed by atoms with Crippen molar-refractivity contribution in [3.63, 3.8) is 0 Å². The number of rotatable bonds is 4. The summed E-state index contributed by atoms with van der Waals surface area (Å²) in [5, 5.41) is 10.9. The molecule has 34 heavy (non-hydrogen) atoms. The summed E-state index contributed by atoms with van der Waals surface area (Å²) in [5.41, 5.74) is -2.74. The highest BCUT2D eigenvalue weighted by atomic mass is 16.9. The lowest BCUT2D eigenvalue weighted by Gasteiger charge is -2.57. The quantitative estimate of drug-likeness (QED) is 0.504. The summed E-state index contributed by atoms with van der Waals surface area (Å²) in [4.78, 5) is 38.9. The predicted molar refractivity (Wildman–Crippen MR) is 110 cm³/mol. The fraction of sp³-hybridized carbons (Fsp3) is 0.625. The fourth-order valence-corrected chi connectivity index (χ4v) is 6.04. The minimum atomic E-state index is -1.45. The molecule has 5 aliphatic heterocycles. The third-order valence-electron chi connectivity index (χ3n) is 8.68. The third-order valence-corrected chi connectivity index (χ3v) is 8.68. The van der Waals surface area contributed by atoms with E-state index in [0.717, 1.165) is 0 Å². The van der Waals surface area contributed by atoms with Crippen LogP contribution in [0.25, 0.3) is 0 Å². The van der Waals surface area contributed by atoms with Crippen molar-refractivity contribution < 1.29 is 47.9 Å². The van der Waals surface area contributed by atoms with Gasteiger partial charge in [0, 0.05) is 5.41 Å². The van der Waals surface area contributed by atoms with Gasteiger partial charge in [-0.25, -0.2) is 9.59 Å². The Hall–Kier alpha value is -2.53. The first kappa shape index (κ1) is 22.0. The van der Waals surface area contributed by atoms with E-state index in [-0.39, 0.29) is 0 Å². The largest absolute Gasteiger partial charge is 0.453 e. The second kappa shape index (κ2) is 7.00. The lowest BCUT2D eigenvalue weighted by atomic mass is 9.66. The number of aliphatic hydroxyl groups excluding tert-OH is 1. The number of hydrogen-bond acceptors (Lipinski definition) is 10. The van der Waals surface area contributed by atoms with E-state index in [1.165, 1.54) is 0 Å². The van der Waals surface area contributed by atoms with Crippen LogP contribution < -0.4 is 0 Å². The van der Waals surface area contributed by atoms with Crippen LogP contribution in [0.2, 0.25) is 0 Å². The minimum absolute atomic E-state index is 0.319. The number of carbonyl (C=O) groups is 3. The highest BCUT2D eigenvalue weighted by Crippen LogP contribution is 2.66. The Kier molecular flexibility index (Phi) is 4.52. The van der Waals surface area contributed by atoms with Gasteiger partial charge in [0.25, 0.3) is 0 Å². The van der Waals surface area contributed by atoms with E-state index >= 15 is 0 Å². The van der Waals surface area contributed by atoms with Crippen molar-refractivity contribution >= 4 is 17.9 Å². The monoisotopic (exact) mass is 474 g/mol. The number of esters is 3. The van der Waals surface area contributed by atoms with Crippen LogP contribution in [0, 0.1) is 16.7 Å². The second-order valence-electron chi connectivity index (χ2n) is 10.4. The standard InChI is InChI=1S/C24H26O10/c1-22(2)23(3)9-10-24(22,34-20(23)27)21(28)30-15-12-13(25)17-31-18(33-19(15)32-17)14(12)29-16(26)11-7-5-4-6-8-11/h4-8,12-15,17-19,25H,9-10H2,1-3H3/t12-,13?,14?,15?,17+,18-,19+,23?,24?/m1/s1. The molecule has 0 aromatic heterocycles. The van der Waals surface area contributed by atoms with E-state index in [4.69, 9.17) is 28.4 Å². The topological polar surface area (TPSA) is 127 Å². The molecule has 6 aliphatic rings. The molecule has 0 amide bonds. The van der Waals surface area contributed by atoms with Crippen LogP contribution in [0.5, 0.6) is 0 Å². The molecular formula is C24H26O10. The molecule has 6 fully saturated rings. The van der Waals surface area contributed by atoms with E-state index in [0.29, 0.717) is 18.4 Å². The molecule has 5 unspecified atom stereocenters. The molecular weight excluding hydrogens is 448 g/mol. The Balaban J connectivity index is 1.27. The van der Waals surface area contributed by atoms with E-state index in [1.807, 2.05) is 13.8 Å². The summed E-state index contributed by atoms with van der Waals surface area (Å²) in [6, 6.07) is 8.38. The predicted octanol–water partition coefficient (Wildman–Crippen LogP) is 1.29. The number of hydrogen-bond donors (Lipinski definition) is 1. The van der Waals surface area contributed by atoms with Gasteiger partial charge in [-0.3, -0.25) is 4.79 Å². The number of ether oxygens (including phenoxy) is 6. The van der Waals surface area contributed by atoms with Crippen molar-refractivity contribution in [2.45, 2.75) is 76.4 Å². The van der Waals surface area contributed by atoms with Crippen molar-refractivity contribution in [3.8, 4) is 0 Å². The van der Waals surface area contributed by atoms with Crippen LogP contribution in [0.4, 0.5) is 0 Å². The normalized spacial score (nSPS) is 45.2. The Bertz CT molecular complexity index is 1060. The first-order chi connectivity index (χ1) is 16.1. The van der Waals surface area contributed by atoms with Crippen LogP contribution in [-0.4, -0.2) is 65.8 Å². The fourth-order valence-electron chi connectivity index (χ4n) is 6.04. The van der Waals surface area contributed by atoms with Gasteiger partial charge in [0.1, 0.15) is 6.10 Å². The molecule has 6 bridgehead atoms. The second-order valence-corrected chi connectivity index (χ2v) is 10.4. The third kappa shape index (κ3) is 2.62. The van der Waals surface area contributed by atoms with E-state index < -0.39 is 77.4 Å². The zero-order valence-electron chi connectivity index (χ0n) is 19.0. The Labute approximate surface area is 195 Å². The van der Waals surface area contributed by atoms with Gasteiger partial charge >= 0.3 is 17.9 Å². The van der Waals surface area contributed by atoms with E-state index in [2.05, 4.69) is 0 Å². The van der Waals surface area contributed by atoms with Crippen molar-refractivity contribution in [2.24, 2.45) is 16.7 Å². The number of benzene rings is 1. The molecule has 10 nitrogen and oxygen atoms in total. The van der Waals surface area contributed by atoms with Crippen LogP contribution >= 0.6 is 0 Å². The SMILES string of the molecule is CC12CCC(C(=O)OC3[C@H]4O[C@@H]5O[C@H](O4)C(OC(=O)c4ccccc4)[C@H]3C5O)(OC1=O)C2(C)C. The highest BCUT2D eigenvalue weighted by molar-refractivity contribution is 5.93. The maximum atomic E-state index is 13.5. The first-order valence-electron chi connectivity index (χ1n) is 11.4. The highest BCUT2D eigenvalue weighted by Gasteiger charge is 2.77. The molecule has 1 aromatic rings. The summed E-state index contributed by atoms with van der Waals surface area (Å²) in [6.07, 6.45) is -5.53. The Morgan fingerprint density at radius 3 is 2.15 bits per heavy atom. The summed E-state index contributed by atoms with van der Waals surface area (Å²) in [5.74, 6) is -2.63. The summed E-state index contributed by atoms with van der Waals surface area (Å²) in [7, 11) is 0. The van der Waals surface area contributed by atoms with Crippen molar-refractivity contribution in [1.29, 1.82) is 0 Å². The molecule has 1 saturated carbocycles. The summed E-state index contributed by atoms with van der Waals surface area (Å²) >= 11 is 0. The molecule has 5 saturated heterocycles. The van der Waals surface area contributed by atoms with Gasteiger partial charge in [-0.05, 0) is 31.9 Å². The maximum absolute atomic E-state index is 13.5. The molecule has 0 spiro atoms. The summed E-state index contributed by atoms with van der Waals surface area (Å²) in [6.45, 7) is 5.44. The average molecular weight is 474 g/mol. The molecule has 7 rings (SSSR count). The van der Waals surface area contributed by atoms with Gasteiger partial charge in [-0.15, -0.1) is 0 Å². The molecule has 0 radical (unpaired) electrons. The molecule has 1 N–H and O–H groups in total. The molecule has 182 valence electrons. The number of aliphatic hydroxyl groups is 1. The van der Waals surface area contributed by atoms with Crippen LogP contribution in [0.3, 0.4) is 0 Å². The smallest absolute Gasteiger partial charge is 0.351 e. The van der Waals surface area contributed by atoms with Crippen molar-refractivity contribution in [2.75, 3.05) is 0 Å². The number of fused-ring (bicyclic) bond motifs is 2.